The van der Waals surface area contributed by atoms with Crippen LogP contribution in [0.4, 0.5) is 11.4 Å². The van der Waals surface area contributed by atoms with Gasteiger partial charge in [0.25, 0.3) is 0 Å². The van der Waals surface area contributed by atoms with Crippen LogP contribution in [-0.2, 0) is 0 Å². The summed E-state index contributed by atoms with van der Waals surface area (Å²) in [6.45, 7) is 6.08. The van der Waals surface area contributed by atoms with Crippen LogP contribution in [-0.4, -0.2) is 14.1 Å². The Balaban J connectivity index is 0.000000671. The zero-order chi connectivity index (χ0) is 10.3. The monoisotopic (exact) mass is 180 g/mol. The number of hydrogen-bond donors (Lipinski definition) is 2. The van der Waals surface area contributed by atoms with E-state index in [4.69, 9.17) is 0 Å². The molecule has 1 rings (SSSR count). The molecule has 0 saturated carbocycles. The summed E-state index contributed by atoms with van der Waals surface area (Å²) in [5.74, 6) is 0. The molecule has 2 nitrogen and oxygen atoms in total. The maximum Gasteiger partial charge on any atom is 0.0575 e. The quantitative estimate of drug-likeness (QED) is 0.730. The average molecular weight is 180 g/mol. The molecule has 74 valence electrons. The third kappa shape index (κ3) is 3.36. The molecular weight excluding hydrogens is 160 g/mol. The standard InChI is InChI=1S/C9H14N2.C2H6/c1-7-4-5-8(10-2)9(6-7)11-3;1-2/h4-6,10-11H,1-3H3;1-2H3. The topological polar surface area (TPSA) is 24.1 Å². The van der Waals surface area contributed by atoms with Gasteiger partial charge in [-0.15, -0.1) is 0 Å². The summed E-state index contributed by atoms with van der Waals surface area (Å²) in [5.41, 5.74) is 3.55. The van der Waals surface area contributed by atoms with Crippen molar-refractivity contribution in [2.45, 2.75) is 20.8 Å². The summed E-state index contributed by atoms with van der Waals surface area (Å²) < 4.78 is 0. The molecule has 0 radical (unpaired) electrons. The highest BCUT2D eigenvalue weighted by molar-refractivity contribution is 5.69. The van der Waals surface area contributed by atoms with E-state index >= 15 is 0 Å². The van der Waals surface area contributed by atoms with E-state index < -0.39 is 0 Å². The Hall–Kier alpha value is -1.18. The van der Waals surface area contributed by atoms with Crippen molar-refractivity contribution in [2.75, 3.05) is 24.7 Å². The van der Waals surface area contributed by atoms with Crippen molar-refractivity contribution in [1.82, 2.24) is 0 Å². The van der Waals surface area contributed by atoms with Crippen LogP contribution in [0.25, 0.3) is 0 Å². The summed E-state index contributed by atoms with van der Waals surface area (Å²) in [4.78, 5) is 0. The molecular formula is C11H20N2. The molecule has 0 spiro atoms. The lowest BCUT2D eigenvalue weighted by Crippen LogP contribution is -1.96. The van der Waals surface area contributed by atoms with E-state index in [9.17, 15) is 0 Å². The lowest BCUT2D eigenvalue weighted by Gasteiger charge is -2.08. The lowest BCUT2D eigenvalue weighted by molar-refractivity contribution is 1.40. The molecule has 2 N–H and O–H groups in total. The van der Waals surface area contributed by atoms with Crippen molar-refractivity contribution in [3.8, 4) is 0 Å². The van der Waals surface area contributed by atoms with E-state index in [1.165, 1.54) is 5.56 Å². The van der Waals surface area contributed by atoms with Gasteiger partial charge in [-0.25, -0.2) is 0 Å². The van der Waals surface area contributed by atoms with Crippen molar-refractivity contribution in [3.63, 3.8) is 0 Å². The van der Waals surface area contributed by atoms with Crippen LogP contribution in [0.1, 0.15) is 19.4 Å². The summed E-state index contributed by atoms with van der Waals surface area (Å²) in [6, 6.07) is 6.28. The number of benzene rings is 1. The number of anilines is 2. The molecule has 1 aromatic carbocycles. The molecule has 0 aliphatic heterocycles. The van der Waals surface area contributed by atoms with Gasteiger partial charge in [0.15, 0.2) is 0 Å². The first-order chi connectivity index (χ1) is 6.27. The number of rotatable bonds is 2. The predicted octanol–water partition coefficient (Wildman–Crippen LogP) is 3.10. The van der Waals surface area contributed by atoms with Crippen LogP contribution < -0.4 is 10.6 Å². The van der Waals surface area contributed by atoms with Crippen molar-refractivity contribution in [1.29, 1.82) is 0 Å². The molecule has 1 aromatic rings. The number of hydrogen-bond acceptors (Lipinski definition) is 2. The van der Waals surface area contributed by atoms with Gasteiger partial charge < -0.3 is 10.6 Å². The van der Waals surface area contributed by atoms with Gasteiger partial charge in [0.05, 0.1) is 11.4 Å². The molecule has 0 aliphatic carbocycles. The van der Waals surface area contributed by atoms with E-state index in [1.54, 1.807) is 0 Å². The zero-order valence-electron chi connectivity index (χ0n) is 9.23. The summed E-state index contributed by atoms with van der Waals surface area (Å²) >= 11 is 0. The first kappa shape index (κ1) is 11.8. The van der Waals surface area contributed by atoms with Gasteiger partial charge in [-0.1, -0.05) is 19.9 Å². The van der Waals surface area contributed by atoms with Gasteiger partial charge in [-0.2, -0.15) is 0 Å². The molecule has 0 aromatic heterocycles. The summed E-state index contributed by atoms with van der Waals surface area (Å²) in [6.07, 6.45) is 0. The second-order valence-corrected chi connectivity index (χ2v) is 2.55. The second kappa shape index (κ2) is 6.35. The largest absolute Gasteiger partial charge is 0.386 e. The Morgan fingerprint density at radius 1 is 0.923 bits per heavy atom. The first-order valence-corrected chi connectivity index (χ1v) is 4.74. The van der Waals surface area contributed by atoms with Gasteiger partial charge in [0.2, 0.25) is 0 Å². The fraction of sp³-hybridized carbons (Fsp3) is 0.455. The van der Waals surface area contributed by atoms with Crippen LogP contribution in [0.5, 0.6) is 0 Å². The Morgan fingerprint density at radius 2 is 1.46 bits per heavy atom. The van der Waals surface area contributed by atoms with Gasteiger partial charge in [0.1, 0.15) is 0 Å². The Labute approximate surface area is 81.4 Å². The molecule has 0 bridgehead atoms. The summed E-state index contributed by atoms with van der Waals surface area (Å²) in [5, 5.41) is 6.24. The maximum absolute atomic E-state index is 3.12. The molecule has 0 amide bonds. The smallest absolute Gasteiger partial charge is 0.0575 e. The zero-order valence-corrected chi connectivity index (χ0v) is 9.23. The fourth-order valence-electron chi connectivity index (χ4n) is 1.08. The van der Waals surface area contributed by atoms with Gasteiger partial charge >= 0.3 is 0 Å². The Morgan fingerprint density at radius 3 is 1.92 bits per heavy atom. The highest BCUT2D eigenvalue weighted by Gasteiger charge is 1.96. The molecule has 0 unspecified atom stereocenters. The Bertz CT molecular complexity index is 244. The van der Waals surface area contributed by atoms with Crippen LogP contribution in [0.15, 0.2) is 18.2 Å². The average Bonchev–Trinajstić information content (AvgIpc) is 2.20. The minimum absolute atomic E-state index is 1.14. The van der Waals surface area contributed by atoms with Crippen molar-refractivity contribution in [2.24, 2.45) is 0 Å². The molecule has 0 atom stereocenters. The van der Waals surface area contributed by atoms with Crippen molar-refractivity contribution < 1.29 is 0 Å². The minimum Gasteiger partial charge on any atom is -0.386 e. The van der Waals surface area contributed by atoms with E-state index in [0.29, 0.717) is 0 Å². The minimum atomic E-state index is 1.14. The highest BCUT2D eigenvalue weighted by atomic mass is 14.9. The van der Waals surface area contributed by atoms with Crippen molar-refractivity contribution >= 4 is 11.4 Å². The van der Waals surface area contributed by atoms with Crippen LogP contribution in [0, 0.1) is 6.92 Å². The normalized spacial score (nSPS) is 8.38. The predicted molar refractivity (Wildman–Crippen MR) is 61.6 cm³/mol. The second-order valence-electron chi connectivity index (χ2n) is 2.55. The molecule has 0 aliphatic rings. The van der Waals surface area contributed by atoms with Crippen molar-refractivity contribution in [3.05, 3.63) is 23.8 Å². The third-order valence-electron chi connectivity index (χ3n) is 1.71. The summed E-state index contributed by atoms with van der Waals surface area (Å²) in [7, 11) is 3.85. The van der Waals surface area contributed by atoms with Gasteiger partial charge in [-0.05, 0) is 24.6 Å². The van der Waals surface area contributed by atoms with E-state index in [2.05, 4.69) is 35.8 Å². The molecule has 0 saturated heterocycles. The van der Waals surface area contributed by atoms with Gasteiger partial charge in [-0.3, -0.25) is 0 Å². The number of nitrogens with one attached hydrogen (secondary N) is 2. The molecule has 13 heavy (non-hydrogen) atoms. The molecule has 0 heterocycles. The third-order valence-corrected chi connectivity index (χ3v) is 1.71. The van der Waals surface area contributed by atoms with Gasteiger partial charge in [0, 0.05) is 14.1 Å². The maximum atomic E-state index is 3.12. The van der Waals surface area contributed by atoms with E-state index in [1.807, 2.05) is 27.9 Å². The highest BCUT2D eigenvalue weighted by Crippen LogP contribution is 2.21. The molecule has 0 fully saturated rings. The Kier molecular flexibility index (Phi) is 5.77. The lowest BCUT2D eigenvalue weighted by atomic mass is 10.2. The molecule has 2 heteroatoms. The van der Waals surface area contributed by atoms with Crippen LogP contribution >= 0.6 is 0 Å². The SMILES string of the molecule is CC.CNc1ccc(C)cc1NC. The van der Waals surface area contributed by atoms with Crippen LogP contribution in [0.3, 0.4) is 0 Å². The van der Waals surface area contributed by atoms with E-state index in [0.717, 1.165) is 11.4 Å². The number of aryl methyl sites for hydroxylation is 1. The van der Waals surface area contributed by atoms with E-state index in [-0.39, 0.29) is 0 Å². The fourth-order valence-corrected chi connectivity index (χ4v) is 1.08. The first-order valence-electron chi connectivity index (χ1n) is 4.74. The van der Waals surface area contributed by atoms with Crippen LogP contribution in [0.2, 0.25) is 0 Å².